The van der Waals surface area contributed by atoms with Crippen molar-refractivity contribution >= 4 is 11.6 Å². The number of benzene rings is 1. The summed E-state index contributed by atoms with van der Waals surface area (Å²) >= 11 is 6.03. The molecule has 0 aliphatic rings. The molecule has 3 nitrogen and oxygen atoms in total. The lowest BCUT2D eigenvalue weighted by Gasteiger charge is -2.35. The summed E-state index contributed by atoms with van der Waals surface area (Å²) in [6, 6.07) is 6.62. The van der Waals surface area contributed by atoms with E-state index >= 15 is 0 Å². The van der Waals surface area contributed by atoms with Crippen LogP contribution in [0, 0.1) is 6.92 Å². The summed E-state index contributed by atoms with van der Waals surface area (Å²) in [5.74, 6) is 0. The molecule has 0 saturated carbocycles. The van der Waals surface area contributed by atoms with Gasteiger partial charge in [0.2, 0.25) is 0 Å². The van der Waals surface area contributed by atoms with Crippen molar-refractivity contribution in [2.75, 3.05) is 26.8 Å². The summed E-state index contributed by atoms with van der Waals surface area (Å²) in [7, 11) is 1.73. The van der Waals surface area contributed by atoms with E-state index < -0.39 is 0 Å². The molecule has 1 unspecified atom stereocenters. The lowest BCUT2D eigenvalue weighted by molar-refractivity contribution is 0.0977. The summed E-state index contributed by atoms with van der Waals surface area (Å²) in [5, 5.41) is 0.769. The summed E-state index contributed by atoms with van der Waals surface area (Å²) < 4.78 is 5.20. The second kappa shape index (κ2) is 7.85. The van der Waals surface area contributed by atoms with Crippen LogP contribution in [0.3, 0.4) is 0 Å². The Bertz CT molecular complexity index is 396. The minimum Gasteiger partial charge on any atom is -0.383 e. The molecule has 0 aliphatic heterocycles. The summed E-state index contributed by atoms with van der Waals surface area (Å²) in [6.45, 7) is 8.62. The molecule has 1 atom stereocenters. The summed E-state index contributed by atoms with van der Waals surface area (Å²) in [6.07, 6.45) is 0. The van der Waals surface area contributed by atoms with E-state index in [-0.39, 0.29) is 6.04 Å². The van der Waals surface area contributed by atoms with E-state index in [4.69, 9.17) is 22.1 Å². The Balaban J connectivity index is 3.01. The predicted octanol–water partition coefficient (Wildman–Crippen LogP) is 3.01. The lowest BCUT2D eigenvalue weighted by Crippen LogP contribution is -2.41. The van der Waals surface area contributed by atoms with Crippen molar-refractivity contribution in [3.8, 4) is 0 Å². The van der Waals surface area contributed by atoms with E-state index in [1.165, 1.54) is 11.1 Å². The van der Waals surface area contributed by atoms with Gasteiger partial charge in [0.05, 0.1) is 6.61 Å². The largest absolute Gasteiger partial charge is 0.383 e. The van der Waals surface area contributed by atoms with Crippen LogP contribution >= 0.6 is 11.6 Å². The van der Waals surface area contributed by atoms with Crippen LogP contribution in [0.15, 0.2) is 18.2 Å². The van der Waals surface area contributed by atoms with E-state index in [1.807, 2.05) is 12.1 Å². The Labute approximate surface area is 121 Å². The molecule has 2 N–H and O–H groups in total. The van der Waals surface area contributed by atoms with Gasteiger partial charge in [0.1, 0.15) is 0 Å². The van der Waals surface area contributed by atoms with Gasteiger partial charge in [0, 0.05) is 37.3 Å². The first-order chi connectivity index (χ1) is 9.01. The second-order valence-electron chi connectivity index (χ2n) is 5.08. The molecule has 0 aromatic heterocycles. The second-order valence-corrected chi connectivity index (χ2v) is 5.51. The average molecular weight is 285 g/mol. The van der Waals surface area contributed by atoms with Gasteiger partial charge in [-0.25, -0.2) is 0 Å². The van der Waals surface area contributed by atoms with E-state index in [0.717, 1.165) is 11.6 Å². The molecule has 0 heterocycles. The zero-order valence-corrected chi connectivity index (χ0v) is 13.1. The molecule has 0 aliphatic carbocycles. The Kier molecular flexibility index (Phi) is 6.80. The Morgan fingerprint density at radius 2 is 2.05 bits per heavy atom. The summed E-state index contributed by atoms with van der Waals surface area (Å²) in [4.78, 5) is 2.37. The highest BCUT2D eigenvalue weighted by atomic mass is 35.5. The normalized spacial score (nSPS) is 13.3. The average Bonchev–Trinajstić information content (AvgIpc) is 2.35. The van der Waals surface area contributed by atoms with Crippen molar-refractivity contribution in [3.63, 3.8) is 0 Å². The maximum absolute atomic E-state index is 6.03. The number of nitrogens with zero attached hydrogens (tertiary/aromatic N) is 1. The fourth-order valence-corrected chi connectivity index (χ4v) is 2.65. The van der Waals surface area contributed by atoms with Crippen LogP contribution in [0.5, 0.6) is 0 Å². The van der Waals surface area contributed by atoms with Crippen LogP contribution in [-0.2, 0) is 4.74 Å². The molecule has 0 saturated heterocycles. The van der Waals surface area contributed by atoms with Gasteiger partial charge in [-0.2, -0.15) is 0 Å². The highest BCUT2D eigenvalue weighted by Gasteiger charge is 2.22. The van der Waals surface area contributed by atoms with Crippen LogP contribution in [0.2, 0.25) is 5.02 Å². The first-order valence-corrected chi connectivity index (χ1v) is 7.09. The van der Waals surface area contributed by atoms with Crippen LogP contribution in [-0.4, -0.2) is 37.7 Å². The quantitative estimate of drug-likeness (QED) is 0.836. The smallest absolute Gasteiger partial charge is 0.0590 e. The van der Waals surface area contributed by atoms with Crippen LogP contribution in [0.1, 0.15) is 31.0 Å². The van der Waals surface area contributed by atoms with Crippen molar-refractivity contribution in [3.05, 3.63) is 34.3 Å². The molecular formula is C15H25ClN2O. The number of hydrogen-bond acceptors (Lipinski definition) is 3. The van der Waals surface area contributed by atoms with Gasteiger partial charge in [-0.1, -0.05) is 17.7 Å². The zero-order valence-electron chi connectivity index (χ0n) is 12.3. The maximum Gasteiger partial charge on any atom is 0.0590 e. The Hall–Kier alpha value is -0.610. The molecule has 1 aromatic rings. The number of hydrogen-bond donors (Lipinski definition) is 1. The standard InChI is InChI=1S/C15H25ClN2O/c1-11(2)18(7-8-19-4)15(10-17)14-6-5-13(16)9-12(14)3/h5-6,9,11,15H,7-8,10,17H2,1-4H3. The third kappa shape index (κ3) is 4.46. The predicted molar refractivity (Wildman–Crippen MR) is 81.7 cm³/mol. The van der Waals surface area contributed by atoms with Gasteiger partial charge in [-0.15, -0.1) is 0 Å². The van der Waals surface area contributed by atoms with E-state index in [0.29, 0.717) is 19.2 Å². The minimum atomic E-state index is 0.201. The number of nitrogens with two attached hydrogens (primary N) is 1. The summed E-state index contributed by atoms with van der Waals surface area (Å²) in [5.41, 5.74) is 8.44. The molecule has 0 radical (unpaired) electrons. The molecule has 1 aromatic carbocycles. The van der Waals surface area contributed by atoms with Gasteiger partial charge >= 0.3 is 0 Å². The van der Waals surface area contributed by atoms with E-state index in [1.54, 1.807) is 7.11 Å². The fraction of sp³-hybridized carbons (Fsp3) is 0.600. The van der Waals surface area contributed by atoms with Crippen molar-refractivity contribution in [1.29, 1.82) is 0 Å². The molecule has 19 heavy (non-hydrogen) atoms. The fourth-order valence-electron chi connectivity index (χ4n) is 2.42. The van der Waals surface area contributed by atoms with E-state index in [9.17, 15) is 0 Å². The Morgan fingerprint density at radius 1 is 1.37 bits per heavy atom. The third-order valence-corrected chi connectivity index (χ3v) is 3.67. The molecule has 1 rings (SSSR count). The monoisotopic (exact) mass is 284 g/mol. The molecule has 4 heteroatoms. The first-order valence-electron chi connectivity index (χ1n) is 6.72. The van der Waals surface area contributed by atoms with Gasteiger partial charge in [0.25, 0.3) is 0 Å². The van der Waals surface area contributed by atoms with Crippen molar-refractivity contribution in [1.82, 2.24) is 4.90 Å². The van der Waals surface area contributed by atoms with Crippen molar-refractivity contribution < 1.29 is 4.74 Å². The molecule has 0 bridgehead atoms. The van der Waals surface area contributed by atoms with Crippen LogP contribution in [0.4, 0.5) is 0 Å². The van der Waals surface area contributed by atoms with Gasteiger partial charge in [0.15, 0.2) is 0 Å². The van der Waals surface area contributed by atoms with Gasteiger partial charge < -0.3 is 10.5 Å². The number of halogens is 1. The van der Waals surface area contributed by atoms with Gasteiger partial charge in [-0.05, 0) is 44.0 Å². The molecular weight excluding hydrogens is 260 g/mol. The Morgan fingerprint density at radius 3 is 2.53 bits per heavy atom. The number of methoxy groups -OCH3 is 1. The zero-order chi connectivity index (χ0) is 14.4. The minimum absolute atomic E-state index is 0.201. The number of aryl methyl sites for hydroxylation is 1. The SMILES string of the molecule is COCCN(C(C)C)C(CN)c1ccc(Cl)cc1C. The number of rotatable bonds is 7. The van der Waals surface area contributed by atoms with E-state index in [2.05, 4.69) is 31.7 Å². The molecule has 108 valence electrons. The molecule has 0 spiro atoms. The lowest BCUT2D eigenvalue weighted by atomic mass is 9.99. The highest BCUT2D eigenvalue weighted by molar-refractivity contribution is 6.30. The van der Waals surface area contributed by atoms with Gasteiger partial charge in [-0.3, -0.25) is 4.90 Å². The van der Waals surface area contributed by atoms with Crippen molar-refractivity contribution in [2.24, 2.45) is 5.73 Å². The number of ether oxygens (including phenoxy) is 1. The van der Waals surface area contributed by atoms with Crippen LogP contribution < -0.4 is 5.73 Å². The third-order valence-electron chi connectivity index (χ3n) is 3.43. The maximum atomic E-state index is 6.03. The van der Waals surface area contributed by atoms with Crippen LogP contribution in [0.25, 0.3) is 0 Å². The topological polar surface area (TPSA) is 38.5 Å². The van der Waals surface area contributed by atoms with Crippen molar-refractivity contribution in [2.45, 2.75) is 32.9 Å². The first kappa shape index (κ1) is 16.4. The molecule has 0 fully saturated rings. The molecule has 0 amide bonds. The highest BCUT2D eigenvalue weighted by Crippen LogP contribution is 2.26.